The van der Waals surface area contributed by atoms with E-state index in [-0.39, 0.29) is 24.4 Å². The maximum Gasteiger partial charge on any atom is 0.241 e. The number of likely N-dealkylation sites (tertiary alicyclic amines) is 1. The smallest absolute Gasteiger partial charge is 0.241 e. The third-order valence-corrected chi connectivity index (χ3v) is 5.79. The minimum absolute atomic E-state index is 0.0160. The van der Waals surface area contributed by atoms with Gasteiger partial charge in [-0.3, -0.25) is 9.69 Å². The maximum absolute atomic E-state index is 13.1. The molecule has 1 fully saturated rings. The second-order valence-electron chi connectivity index (χ2n) is 7.97. The molecule has 0 unspecified atom stereocenters. The highest BCUT2D eigenvalue weighted by molar-refractivity contribution is 5.78. The van der Waals surface area contributed by atoms with Gasteiger partial charge >= 0.3 is 0 Å². The fourth-order valence-corrected chi connectivity index (χ4v) is 3.96. The van der Waals surface area contributed by atoms with Crippen LogP contribution in [-0.4, -0.2) is 40.8 Å². The van der Waals surface area contributed by atoms with Gasteiger partial charge in [-0.1, -0.05) is 11.2 Å². The van der Waals surface area contributed by atoms with Crippen LogP contribution in [0, 0.1) is 11.7 Å². The van der Waals surface area contributed by atoms with Gasteiger partial charge in [0.2, 0.25) is 24.4 Å². The van der Waals surface area contributed by atoms with Crippen molar-refractivity contribution >= 4 is 5.91 Å². The van der Waals surface area contributed by atoms with Crippen molar-refractivity contribution in [2.75, 3.05) is 19.9 Å². The molecule has 3 heterocycles. The minimum Gasteiger partial charge on any atom is -0.454 e. The Morgan fingerprint density at radius 3 is 2.69 bits per heavy atom. The zero-order chi connectivity index (χ0) is 21.9. The molecule has 0 radical (unpaired) electrons. The summed E-state index contributed by atoms with van der Waals surface area (Å²) < 4.78 is 29.1. The van der Waals surface area contributed by atoms with Gasteiger partial charge in [0.15, 0.2) is 11.5 Å². The average molecular weight is 438 g/mol. The number of nitrogens with one attached hydrogen (secondary N) is 1. The lowest BCUT2D eigenvalue weighted by Gasteiger charge is -2.30. The van der Waals surface area contributed by atoms with Gasteiger partial charge in [0.25, 0.3) is 0 Å². The number of hydrogen-bond acceptors (Lipinski definition) is 7. The molecular weight excluding hydrogens is 415 g/mol. The standard InChI is InChI=1S/C23H23FN4O4/c24-18-4-2-16(3-5-18)22-26-21(32-27-22)13-28-9-7-17(8-10-28)23(29)25-12-15-1-6-19-20(11-15)31-14-30-19/h1-6,11,17H,7-10,12-14H2,(H,25,29). The van der Waals surface area contributed by atoms with E-state index >= 15 is 0 Å². The molecule has 166 valence electrons. The number of carbonyl (C=O) groups is 1. The van der Waals surface area contributed by atoms with Crippen LogP contribution in [0.2, 0.25) is 0 Å². The van der Waals surface area contributed by atoms with Crippen molar-refractivity contribution in [1.29, 1.82) is 0 Å². The molecule has 2 aromatic carbocycles. The van der Waals surface area contributed by atoms with Crippen LogP contribution in [0.3, 0.4) is 0 Å². The van der Waals surface area contributed by atoms with Gasteiger partial charge in [-0.25, -0.2) is 4.39 Å². The van der Waals surface area contributed by atoms with Gasteiger partial charge in [0.05, 0.1) is 6.54 Å². The summed E-state index contributed by atoms with van der Waals surface area (Å²) in [6, 6.07) is 11.7. The highest BCUT2D eigenvalue weighted by Crippen LogP contribution is 2.32. The molecule has 2 aliphatic heterocycles. The first-order chi connectivity index (χ1) is 15.6. The summed E-state index contributed by atoms with van der Waals surface area (Å²) in [5, 5.41) is 7.01. The van der Waals surface area contributed by atoms with Crippen LogP contribution < -0.4 is 14.8 Å². The summed E-state index contributed by atoms with van der Waals surface area (Å²) in [5.41, 5.74) is 1.69. The fraction of sp³-hybridized carbons (Fsp3) is 0.348. The van der Waals surface area contributed by atoms with Crippen molar-refractivity contribution in [3.63, 3.8) is 0 Å². The van der Waals surface area contributed by atoms with E-state index in [0.29, 0.717) is 36.1 Å². The minimum atomic E-state index is -0.305. The molecule has 1 amide bonds. The first-order valence-corrected chi connectivity index (χ1v) is 10.6. The van der Waals surface area contributed by atoms with E-state index in [1.165, 1.54) is 12.1 Å². The van der Waals surface area contributed by atoms with Crippen molar-refractivity contribution in [3.8, 4) is 22.9 Å². The quantitative estimate of drug-likeness (QED) is 0.632. The Morgan fingerprint density at radius 1 is 1.09 bits per heavy atom. The summed E-state index contributed by atoms with van der Waals surface area (Å²) in [6.07, 6.45) is 1.54. The van der Waals surface area contributed by atoms with Gasteiger partial charge in [-0.15, -0.1) is 0 Å². The van der Waals surface area contributed by atoms with Crippen LogP contribution in [0.5, 0.6) is 11.5 Å². The molecule has 0 aliphatic carbocycles. The zero-order valence-electron chi connectivity index (χ0n) is 17.4. The number of aromatic nitrogens is 2. The van der Waals surface area contributed by atoms with Crippen molar-refractivity contribution in [2.24, 2.45) is 5.92 Å². The topological polar surface area (TPSA) is 89.7 Å². The molecule has 1 aromatic heterocycles. The van der Waals surface area contributed by atoms with Crippen LogP contribution >= 0.6 is 0 Å². The molecule has 0 atom stereocenters. The molecule has 9 heteroatoms. The number of piperidine rings is 1. The van der Waals surface area contributed by atoms with E-state index in [9.17, 15) is 9.18 Å². The average Bonchev–Trinajstić information content (AvgIpc) is 3.48. The number of hydrogen-bond donors (Lipinski definition) is 1. The molecule has 5 rings (SSSR count). The Morgan fingerprint density at radius 2 is 1.88 bits per heavy atom. The Labute approximate surface area is 184 Å². The number of halogens is 1. The number of benzene rings is 2. The van der Waals surface area contributed by atoms with Gasteiger partial charge in [0, 0.05) is 18.0 Å². The van der Waals surface area contributed by atoms with Crippen LogP contribution in [-0.2, 0) is 17.9 Å². The third kappa shape index (κ3) is 4.57. The Bertz CT molecular complexity index is 1090. The number of fused-ring (bicyclic) bond motifs is 1. The zero-order valence-corrected chi connectivity index (χ0v) is 17.4. The monoisotopic (exact) mass is 438 g/mol. The molecule has 0 saturated carbocycles. The lowest BCUT2D eigenvalue weighted by atomic mass is 9.96. The Kier molecular flexibility index (Phi) is 5.72. The second kappa shape index (κ2) is 8.96. The van der Waals surface area contributed by atoms with Crippen molar-refractivity contribution < 1.29 is 23.2 Å². The molecule has 3 aromatic rings. The Balaban J connectivity index is 1.09. The largest absolute Gasteiger partial charge is 0.454 e. The van der Waals surface area contributed by atoms with Crippen LogP contribution in [0.4, 0.5) is 4.39 Å². The van der Waals surface area contributed by atoms with Gasteiger partial charge in [-0.2, -0.15) is 4.98 Å². The van der Waals surface area contributed by atoms with E-state index in [4.69, 9.17) is 14.0 Å². The summed E-state index contributed by atoms with van der Waals surface area (Å²) in [6.45, 7) is 2.77. The third-order valence-electron chi connectivity index (χ3n) is 5.79. The predicted molar refractivity (Wildman–Crippen MR) is 112 cm³/mol. The number of carbonyl (C=O) groups excluding carboxylic acids is 1. The highest BCUT2D eigenvalue weighted by atomic mass is 19.1. The summed E-state index contributed by atoms with van der Waals surface area (Å²) >= 11 is 0. The van der Waals surface area contributed by atoms with Gasteiger partial charge in [-0.05, 0) is 67.9 Å². The van der Waals surface area contributed by atoms with Gasteiger partial charge in [0.1, 0.15) is 5.82 Å². The van der Waals surface area contributed by atoms with Crippen LogP contribution in [0.25, 0.3) is 11.4 Å². The first kappa shape index (κ1) is 20.4. The molecule has 8 nitrogen and oxygen atoms in total. The van der Waals surface area contributed by atoms with Crippen molar-refractivity contribution in [1.82, 2.24) is 20.4 Å². The van der Waals surface area contributed by atoms with E-state index in [1.807, 2.05) is 18.2 Å². The van der Waals surface area contributed by atoms with E-state index in [1.54, 1.807) is 12.1 Å². The van der Waals surface area contributed by atoms with E-state index in [0.717, 1.165) is 37.2 Å². The number of nitrogens with zero attached hydrogens (tertiary/aromatic N) is 3. The summed E-state index contributed by atoms with van der Waals surface area (Å²) in [4.78, 5) is 19.2. The lowest BCUT2D eigenvalue weighted by Crippen LogP contribution is -2.40. The first-order valence-electron chi connectivity index (χ1n) is 10.6. The predicted octanol–water partition coefficient (Wildman–Crippen LogP) is 3.13. The normalized spacial score (nSPS) is 16.3. The number of ether oxygens (including phenoxy) is 2. The van der Waals surface area contributed by atoms with Gasteiger partial charge < -0.3 is 19.3 Å². The highest BCUT2D eigenvalue weighted by Gasteiger charge is 2.26. The van der Waals surface area contributed by atoms with Crippen molar-refractivity contribution in [3.05, 3.63) is 59.7 Å². The van der Waals surface area contributed by atoms with Crippen molar-refractivity contribution in [2.45, 2.75) is 25.9 Å². The summed E-state index contributed by atoms with van der Waals surface area (Å²) in [5.74, 6) is 2.15. The number of amides is 1. The summed E-state index contributed by atoms with van der Waals surface area (Å²) in [7, 11) is 0. The molecule has 0 spiro atoms. The lowest BCUT2D eigenvalue weighted by molar-refractivity contribution is -0.126. The Hall–Kier alpha value is -3.46. The second-order valence-corrected chi connectivity index (χ2v) is 7.97. The van der Waals surface area contributed by atoms with Crippen LogP contribution in [0.1, 0.15) is 24.3 Å². The molecule has 2 aliphatic rings. The van der Waals surface area contributed by atoms with Crippen LogP contribution in [0.15, 0.2) is 47.0 Å². The molecule has 0 bridgehead atoms. The molecule has 32 heavy (non-hydrogen) atoms. The van der Waals surface area contributed by atoms with E-state index < -0.39 is 0 Å². The number of rotatable bonds is 6. The maximum atomic E-state index is 13.1. The SMILES string of the molecule is O=C(NCc1ccc2c(c1)OCO2)C1CCN(Cc2nc(-c3ccc(F)cc3)no2)CC1. The molecule has 1 saturated heterocycles. The fourth-order valence-electron chi connectivity index (χ4n) is 3.96. The molecular formula is C23H23FN4O4. The molecule has 1 N–H and O–H groups in total. The van der Waals surface area contributed by atoms with E-state index in [2.05, 4.69) is 20.4 Å².